The van der Waals surface area contributed by atoms with E-state index in [0.717, 1.165) is 16.8 Å². The normalized spacial score (nSPS) is 15.9. The van der Waals surface area contributed by atoms with Crippen LogP contribution in [0.2, 0.25) is 0 Å². The second-order valence-electron chi connectivity index (χ2n) is 7.08. The third kappa shape index (κ3) is 4.19. The zero-order valence-corrected chi connectivity index (χ0v) is 17.6. The highest BCUT2D eigenvalue weighted by atomic mass is 32.2. The van der Waals surface area contributed by atoms with Gasteiger partial charge in [-0.1, -0.05) is 30.3 Å². The van der Waals surface area contributed by atoms with E-state index in [2.05, 4.69) is 5.32 Å². The second-order valence-corrected chi connectivity index (χ2v) is 8.15. The number of thioether (sulfide) groups is 1. The fourth-order valence-corrected chi connectivity index (χ4v) is 4.63. The lowest BCUT2D eigenvalue weighted by Crippen LogP contribution is -2.27. The first-order valence-corrected chi connectivity index (χ1v) is 10.7. The number of methoxy groups -OCH3 is 1. The molecular formula is C24H22N2O3S. The Morgan fingerprint density at radius 3 is 2.67 bits per heavy atom. The first-order chi connectivity index (χ1) is 14.5. The van der Waals surface area contributed by atoms with Crippen molar-refractivity contribution in [2.24, 2.45) is 0 Å². The number of rotatable bonds is 5. The zero-order valence-electron chi connectivity index (χ0n) is 16.8. The quantitative estimate of drug-likeness (QED) is 0.631. The van der Waals surface area contributed by atoms with E-state index in [1.165, 1.54) is 0 Å². The van der Waals surface area contributed by atoms with Gasteiger partial charge in [-0.2, -0.15) is 0 Å². The first kappa shape index (κ1) is 20.0. The number of carbonyl (C=O) groups is 2. The summed E-state index contributed by atoms with van der Waals surface area (Å²) in [6.45, 7) is 2.01. The van der Waals surface area contributed by atoms with Gasteiger partial charge in [0.25, 0.3) is 5.91 Å². The van der Waals surface area contributed by atoms with Gasteiger partial charge in [0.05, 0.1) is 12.9 Å². The van der Waals surface area contributed by atoms with E-state index < -0.39 is 0 Å². The van der Waals surface area contributed by atoms with Crippen molar-refractivity contribution in [2.75, 3.05) is 23.1 Å². The van der Waals surface area contributed by atoms with E-state index in [0.29, 0.717) is 22.8 Å². The van der Waals surface area contributed by atoms with Crippen LogP contribution in [0.3, 0.4) is 0 Å². The molecule has 0 radical (unpaired) electrons. The Bertz CT molecular complexity index is 1100. The molecule has 1 aliphatic rings. The van der Waals surface area contributed by atoms with Gasteiger partial charge in [-0.05, 0) is 60.5 Å². The number of anilines is 2. The molecule has 5 nitrogen and oxygen atoms in total. The lowest BCUT2D eigenvalue weighted by atomic mass is 10.1. The van der Waals surface area contributed by atoms with Gasteiger partial charge in [-0.15, -0.1) is 11.8 Å². The van der Waals surface area contributed by atoms with Gasteiger partial charge in [-0.3, -0.25) is 14.5 Å². The van der Waals surface area contributed by atoms with Crippen LogP contribution in [-0.2, 0) is 4.79 Å². The summed E-state index contributed by atoms with van der Waals surface area (Å²) in [5, 5.41) is 2.81. The van der Waals surface area contributed by atoms with Gasteiger partial charge in [-0.25, -0.2) is 0 Å². The molecule has 0 aromatic heterocycles. The molecule has 0 spiro atoms. The van der Waals surface area contributed by atoms with E-state index in [4.69, 9.17) is 4.74 Å². The topological polar surface area (TPSA) is 58.6 Å². The van der Waals surface area contributed by atoms with Crippen LogP contribution in [0.5, 0.6) is 5.75 Å². The van der Waals surface area contributed by atoms with Gasteiger partial charge < -0.3 is 10.1 Å². The molecule has 0 unspecified atom stereocenters. The third-order valence-electron chi connectivity index (χ3n) is 4.91. The summed E-state index contributed by atoms with van der Waals surface area (Å²) < 4.78 is 5.19. The van der Waals surface area contributed by atoms with E-state index >= 15 is 0 Å². The zero-order chi connectivity index (χ0) is 21.1. The van der Waals surface area contributed by atoms with Gasteiger partial charge >= 0.3 is 0 Å². The Hall–Kier alpha value is -3.25. The average molecular weight is 419 g/mol. The number of amides is 2. The second kappa shape index (κ2) is 8.63. The number of carbonyl (C=O) groups excluding carboxylic acids is 2. The minimum absolute atomic E-state index is 0.0846. The maximum atomic E-state index is 12.7. The number of hydrogen-bond donors (Lipinski definition) is 1. The molecule has 1 aliphatic heterocycles. The number of hydrogen-bond acceptors (Lipinski definition) is 4. The number of aryl methyl sites for hydroxylation is 1. The van der Waals surface area contributed by atoms with Crippen molar-refractivity contribution in [3.8, 4) is 5.75 Å². The van der Waals surface area contributed by atoms with Crippen LogP contribution >= 0.6 is 11.8 Å². The fourth-order valence-electron chi connectivity index (χ4n) is 3.47. The van der Waals surface area contributed by atoms with Crippen molar-refractivity contribution < 1.29 is 14.3 Å². The van der Waals surface area contributed by atoms with Crippen LogP contribution in [0.1, 0.15) is 26.9 Å². The summed E-state index contributed by atoms with van der Waals surface area (Å²) in [6.07, 6.45) is 0. The molecule has 6 heteroatoms. The minimum atomic E-state index is -0.211. The third-order valence-corrected chi connectivity index (χ3v) is 6.12. The number of nitrogens with one attached hydrogen (secondary N) is 1. The molecule has 1 atom stereocenters. The average Bonchev–Trinajstić information content (AvgIpc) is 3.15. The standard InChI is InChI=1S/C24H22N2O3S/c1-16-6-3-10-20(12-16)26-22(27)15-30-24(26)18-8-4-9-19(13-18)25-23(28)17-7-5-11-21(14-17)29-2/h3-14,24H,15H2,1-2H3,(H,25,28)/t24-/m0/s1. The lowest BCUT2D eigenvalue weighted by molar-refractivity contribution is -0.115. The van der Waals surface area contributed by atoms with Crippen LogP contribution in [-0.4, -0.2) is 24.7 Å². The highest BCUT2D eigenvalue weighted by molar-refractivity contribution is 8.00. The molecular weight excluding hydrogens is 396 g/mol. The monoisotopic (exact) mass is 418 g/mol. The largest absolute Gasteiger partial charge is 0.497 e. The highest BCUT2D eigenvalue weighted by Crippen LogP contribution is 2.42. The molecule has 3 aromatic carbocycles. The van der Waals surface area contributed by atoms with Crippen molar-refractivity contribution in [1.29, 1.82) is 0 Å². The number of benzene rings is 3. The minimum Gasteiger partial charge on any atom is -0.497 e. The smallest absolute Gasteiger partial charge is 0.255 e. The summed E-state index contributed by atoms with van der Waals surface area (Å²) in [4.78, 5) is 27.1. The van der Waals surface area contributed by atoms with E-state index in [1.54, 1.807) is 43.1 Å². The van der Waals surface area contributed by atoms with Crippen molar-refractivity contribution in [1.82, 2.24) is 0 Å². The van der Waals surface area contributed by atoms with Gasteiger partial charge in [0.1, 0.15) is 11.1 Å². The first-order valence-electron chi connectivity index (χ1n) is 9.61. The van der Waals surface area contributed by atoms with Crippen LogP contribution < -0.4 is 15.0 Å². The van der Waals surface area contributed by atoms with Crippen LogP contribution in [0.4, 0.5) is 11.4 Å². The Morgan fingerprint density at radius 2 is 1.87 bits per heavy atom. The molecule has 30 heavy (non-hydrogen) atoms. The van der Waals surface area contributed by atoms with Gasteiger partial charge in [0, 0.05) is 16.9 Å². The Kier molecular flexibility index (Phi) is 5.77. The molecule has 4 rings (SSSR count). The summed E-state index contributed by atoms with van der Waals surface area (Å²) >= 11 is 1.59. The number of ether oxygens (including phenoxy) is 1. The molecule has 0 bridgehead atoms. The molecule has 1 N–H and O–H groups in total. The highest BCUT2D eigenvalue weighted by Gasteiger charge is 2.34. The Labute approximate surface area is 180 Å². The molecule has 1 fully saturated rings. The predicted octanol–water partition coefficient (Wildman–Crippen LogP) is 5.03. The summed E-state index contributed by atoms with van der Waals surface area (Å²) in [5.74, 6) is 0.933. The van der Waals surface area contributed by atoms with E-state index in [9.17, 15) is 9.59 Å². The summed E-state index contributed by atoms with van der Waals surface area (Å²) in [5.41, 5.74) is 4.17. The molecule has 1 heterocycles. The Balaban J connectivity index is 1.58. The van der Waals surface area contributed by atoms with E-state index in [-0.39, 0.29) is 17.2 Å². The van der Waals surface area contributed by atoms with E-state index in [1.807, 2.05) is 60.4 Å². The summed E-state index contributed by atoms with van der Waals surface area (Å²) in [6, 6.07) is 22.6. The molecule has 2 amide bonds. The fraction of sp³-hybridized carbons (Fsp3) is 0.167. The van der Waals surface area contributed by atoms with Crippen molar-refractivity contribution in [3.63, 3.8) is 0 Å². The van der Waals surface area contributed by atoms with Crippen molar-refractivity contribution in [2.45, 2.75) is 12.3 Å². The Morgan fingerprint density at radius 1 is 1.07 bits per heavy atom. The van der Waals surface area contributed by atoms with Crippen molar-refractivity contribution in [3.05, 3.63) is 89.5 Å². The lowest BCUT2D eigenvalue weighted by Gasteiger charge is -2.25. The van der Waals surface area contributed by atoms with Crippen LogP contribution in [0.25, 0.3) is 0 Å². The summed E-state index contributed by atoms with van der Waals surface area (Å²) in [7, 11) is 1.57. The molecule has 152 valence electrons. The predicted molar refractivity (Wildman–Crippen MR) is 121 cm³/mol. The molecule has 0 aliphatic carbocycles. The van der Waals surface area contributed by atoms with Crippen LogP contribution in [0.15, 0.2) is 72.8 Å². The van der Waals surface area contributed by atoms with Crippen molar-refractivity contribution >= 4 is 35.0 Å². The van der Waals surface area contributed by atoms with Gasteiger partial charge in [0.2, 0.25) is 5.91 Å². The van der Waals surface area contributed by atoms with Crippen LogP contribution in [0, 0.1) is 6.92 Å². The molecule has 3 aromatic rings. The maximum Gasteiger partial charge on any atom is 0.255 e. The maximum absolute atomic E-state index is 12.7. The number of nitrogens with zero attached hydrogens (tertiary/aromatic N) is 1. The SMILES string of the molecule is COc1cccc(C(=O)Nc2cccc([C@@H]3SCC(=O)N3c3cccc(C)c3)c2)c1. The molecule has 1 saturated heterocycles. The molecule has 0 saturated carbocycles. The van der Waals surface area contributed by atoms with Gasteiger partial charge in [0.15, 0.2) is 0 Å².